The molecule has 1 aliphatic heterocycles. The van der Waals surface area contributed by atoms with Crippen LogP contribution >= 0.6 is 22.6 Å². The van der Waals surface area contributed by atoms with Gasteiger partial charge in [0.05, 0.1) is 12.1 Å². The molecule has 1 heterocycles. The lowest BCUT2D eigenvalue weighted by Gasteiger charge is -2.28. The van der Waals surface area contributed by atoms with Gasteiger partial charge in [0.15, 0.2) is 0 Å². The molecule has 0 radical (unpaired) electrons. The van der Waals surface area contributed by atoms with Gasteiger partial charge in [-0.15, -0.1) is 0 Å². The highest BCUT2D eigenvalue weighted by molar-refractivity contribution is 14.1. The van der Waals surface area contributed by atoms with Crippen molar-refractivity contribution in [3.63, 3.8) is 0 Å². The van der Waals surface area contributed by atoms with Gasteiger partial charge in [-0.2, -0.15) is 13.2 Å². The van der Waals surface area contributed by atoms with E-state index in [1.807, 2.05) is 60.7 Å². The molecule has 0 aromatic heterocycles. The number of benzene rings is 3. The molecule has 2 nitrogen and oxygen atoms in total. The van der Waals surface area contributed by atoms with Crippen LogP contribution in [-0.2, 0) is 22.9 Å². The Kier molecular flexibility index (Phi) is 5.14. The molecule has 29 heavy (non-hydrogen) atoms. The second-order valence-corrected chi connectivity index (χ2v) is 7.77. The SMILES string of the molecule is O=C1N(Cc2ccccc2)c2ccc(C(F)(F)F)cc2C1(CI)c1ccccc1. The monoisotopic (exact) mass is 507 g/mol. The zero-order chi connectivity index (χ0) is 20.6. The number of carbonyl (C=O) groups is 1. The Labute approximate surface area is 180 Å². The maximum Gasteiger partial charge on any atom is 0.416 e. The first-order valence-corrected chi connectivity index (χ1v) is 10.6. The lowest BCUT2D eigenvalue weighted by Crippen LogP contribution is -2.42. The quantitative estimate of drug-likeness (QED) is 0.315. The van der Waals surface area contributed by atoms with Crippen LogP contribution in [0.3, 0.4) is 0 Å². The molecule has 1 atom stereocenters. The van der Waals surface area contributed by atoms with Crippen molar-refractivity contribution in [2.24, 2.45) is 0 Å². The molecular formula is C23H17F3INO. The first-order valence-electron chi connectivity index (χ1n) is 9.07. The lowest BCUT2D eigenvalue weighted by molar-refractivity contribution is -0.137. The maximum atomic E-state index is 13.7. The van der Waals surface area contributed by atoms with E-state index < -0.39 is 17.2 Å². The van der Waals surface area contributed by atoms with Gasteiger partial charge in [-0.1, -0.05) is 83.3 Å². The van der Waals surface area contributed by atoms with Crippen LogP contribution in [0.2, 0.25) is 0 Å². The van der Waals surface area contributed by atoms with Crippen molar-refractivity contribution in [1.29, 1.82) is 0 Å². The zero-order valence-electron chi connectivity index (χ0n) is 15.3. The fourth-order valence-corrected chi connectivity index (χ4v) is 5.05. The van der Waals surface area contributed by atoms with Crippen LogP contribution in [0, 0.1) is 0 Å². The van der Waals surface area contributed by atoms with Gasteiger partial charge in [-0.05, 0) is 34.9 Å². The highest BCUT2D eigenvalue weighted by Gasteiger charge is 2.52. The Morgan fingerprint density at radius 3 is 2.10 bits per heavy atom. The van der Waals surface area contributed by atoms with Gasteiger partial charge in [0.25, 0.3) is 0 Å². The van der Waals surface area contributed by atoms with Crippen molar-refractivity contribution in [3.05, 3.63) is 101 Å². The Balaban J connectivity index is 1.92. The molecule has 1 aliphatic rings. The number of fused-ring (bicyclic) bond motifs is 1. The Morgan fingerprint density at radius 1 is 0.897 bits per heavy atom. The number of carbonyl (C=O) groups excluding carboxylic acids is 1. The molecule has 0 N–H and O–H groups in total. The Morgan fingerprint density at radius 2 is 1.52 bits per heavy atom. The van der Waals surface area contributed by atoms with Gasteiger partial charge in [0, 0.05) is 10.1 Å². The van der Waals surface area contributed by atoms with Crippen LogP contribution in [-0.4, -0.2) is 10.3 Å². The average Bonchev–Trinajstić information content (AvgIpc) is 2.97. The molecule has 0 spiro atoms. The van der Waals surface area contributed by atoms with Gasteiger partial charge in [0.2, 0.25) is 5.91 Å². The minimum absolute atomic E-state index is 0.198. The predicted molar refractivity (Wildman–Crippen MR) is 115 cm³/mol. The maximum absolute atomic E-state index is 13.7. The van der Waals surface area contributed by atoms with Crippen LogP contribution in [0.5, 0.6) is 0 Å². The number of hydrogen-bond acceptors (Lipinski definition) is 1. The molecule has 0 aliphatic carbocycles. The number of nitrogens with zero attached hydrogens (tertiary/aromatic N) is 1. The van der Waals surface area contributed by atoms with E-state index >= 15 is 0 Å². The Hall–Kier alpha value is -2.35. The van der Waals surface area contributed by atoms with Gasteiger partial charge in [-0.25, -0.2) is 0 Å². The third kappa shape index (κ3) is 3.33. The predicted octanol–water partition coefficient (Wildman–Crippen LogP) is 5.97. The summed E-state index contributed by atoms with van der Waals surface area (Å²) in [5, 5.41) is 0. The first kappa shape index (κ1) is 19.9. The van der Waals surface area contributed by atoms with Crippen LogP contribution in [0.1, 0.15) is 22.3 Å². The zero-order valence-corrected chi connectivity index (χ0v) is 17.4. The van der Waals surface area contributed by atoms with Gasteiger partial charge in [-0.3, -0.25) is 4.79 Å². The van der Waals surface area contributed by atoms with Gasteiger partial charge in [0.1, 0.15) is 5.41 Å². The average molecular weight is 507 g/mol. The molecule has 3 aromatic rings. The summed E-state index contributed by atoms with van der Waals surface area (Å²) in [6, 6.07) is 22.2. The summed E-state index contributed by atoms with van der Waals surface area (Å²) in [4.78, 5) is 15.3. The summed E-state index contributed by atoms with van der Waals surface area (Å²) >= 11 is 2.10. The lowest BCUT2D eigenvalue weighted by atomic mass is 9.77. The number of amides is 1. The number of rotatable bonds is 4. The number of halogens is 4. The minimum Gasteiger partial charge on any atom is -0.307 e. The topological polar surface area (TPSA) is 20.3 Å². The largest absolute Gasteiger partial charge is 0.416 e. The fraction of sp³-hybridized carbons (Fsp3) is 0.174. The van der Waals surface area contributed by atoms with Crippen molar-refractivity contribution in [2.45, 2.75) is 18.1 Å². The molecule has 3 aromatic carbocycles. The standard InChI is InChI=1S/C23H17F3INO/c24-23(25,26)18-11-12-20-19(13-18)22(15-27,17-9-5-2-6-10-17)21(29)28(20)14-16-7-3-1-4-8-16/h1-13H,14-15H2. The van der Waals surface area contributed by atoms with E-state index in [2.05, 4.69) is 22.6 Å². The molecule has 0 saturated carbocycles. The van der Waals surface area contributed by atoms with Gasteiger partial charge >= 0.3 is 6.18 Å². The fourth-order valence-electron chi connectivity index (χ4n) is 3.88. The summed E-state index contributed by atoms with van der Waals surface area (Å²) in [6.45, 7) is 0.309. The van der Waals surface area contributed by atoms with Crippen molar-refractivity contribution in [2.75, 3.05) is 9.33 Å². The first-order chi connectivity index (χ1) is 13.9. The molecule has 0 saturated heterocycles. The van der Waals surface area contributed by atoms with Gasteiger partial charge < -0.3 is 4.90 Å². The number of anilines is 1. The molecule has 0 fully saturated rings. The highest BCUT2D eigenvalue weighted by atomic mass is 127. The summed E-state index contributed by atoms with van der Waals surface area (Å²) in [6.07, 6.45) is -4.47. The minimum atomic E-state index is -4.47. The second-order valence-electron chi connectivity index (χ2n) is 7.01. The smallest absolute Gasteiger partial charge is 0.307 e. The number of hydrogen-bond donors (Lipinski definition) is 0. The third-order valence-corrected chi connectivity index (χ3v) is 6.48. The van der Waals surface area contributed by atoms with Crippen LogP contribution in [0.4, 0.5) is 18.9 Å². The molecule has 0 bridgehead atoms. The van der Waals surface area contributed by atoms with E-state index in [9.17, 15) is 18.0 Å². The highest BCUT2D eigenvalue weighted by Crippen LogP contribution is 2.49. The summed E-state index contributed by atoms with van der Waals surface area (Å²) in [5.41, 5.74) is 0.684. The van der Waals surface area contributed by atoms with Crippen LogP contribution in [0.25, 0.3) is 0 Å². The molecule has 148 valence electrons. The van der Waals surface area contributed by atoms with Crippen molar-refractivity contribution in [1.82, 2.24) is 0 Å². The van der Waals surface area contributed by atoms with E-state index in [0.717, 1.165) is 17.7 Å². The molecular weight excluding hydrogens is 490 g/mol. The van der Waals surface area contributed by atoms with Crippen molar-refractivity contribution < 1.29 is 18.0 Å². The third-order valence-electron chi connectivity index (χ3n) is 5.34. The van der Waals surface area contributed by atoms with Crippen molar-refractivity contribution >= 4 is 34.2 Å². The van der Waals surface area contributed by atoms with E-state index in [4.69, 9.17) is 0 Å². The summed E-state index contributed by atoms with van der Waals surface area (Å²) in [5.74, 6) is -0.198. The summed E-state index contributed by atoms with van der Waals surface area (Å²) < 4.78 is 40.7. The molecule has 6 heteroatoms. The molecule has 1 unspecified atom stereocenters. The van der Waals surface area contributed by atoms with E-state index in [1.165, 1.54) is 6.07 Å². The normalized spacial score (nSPS) is 18.8. The second kappa shape index (κ2) is 7.48. The Bertz CT molecular complexity index is 1040. The summed E-state index contributed by atoms with van der Waals surface area (Å²) in [7, 11) is 0. The van der Waals surface area contributed by atoms with Crippen molar-refractivity contribution in [3.8, 4) is 0 Å². The van der Waals surface area contributed by atoms with E-state index in [1.54, 1.807) is 4.90 Å². The van der Waals surface area contributed by atoms with E-state index in [0.29, 0.717) is 27.8 Å². The van der Waals surface area contributed by atoms with E-state index in [-0.39, 0.29) is 5.91 Å². The molecule has 1 amide bonds. The van der Waals surface area contributed by atoms with Crippen LogP contribution in [0.15, 0.2) is 78.9 Å². The molecule has 4 rings (SSSR count). The number of alkyl halides is 4. The van der Waals surface area contributed by atoms with Crippen LogP contribution < -0.4 is 4.90 Å².